The molecule has 0 saturated carbocycles. The van der Waals surface area contributed by atoms with Gasteiger partial charge in [0.25, 0.3) is 0 Å². The molecule has 2 nitrogen and oxygen atoms in total. The molecule has 9 heavy (non-hydrogen) atoms. The van der Waals surface area contributed by atoms with Crippen molar-refractivity contribution in [1.82, 2.24) is 9.78 Å². The predicted molar refractivity (Wildman–Crippen MR) is 34.5 cm³/mol. The van der Waals surface area contributed by atoms with Crippen molar-refractivity contribution in [3.8, 4) is 0 Å². The average molecular weight is 118 g/mol. The molecule has 0 N–H and O–H groups in total. The van der Waals surface area contributed by atoms with Gasteiger partial charge in [-0.25, -0.2) is 4.68 Å². The normalized spacial score (nSPS) is 15.6. The van der Waals surface area contributed by atoms with Gasteiger partial charge in [-0.2, -0.15) is 5.10 Å². The van der Waals surface area contributed by atoms with Crippen LogP contribution in [0.3, 0.4) is 0 Å². The van der Waals surface area contributed by atoms with Crippen molar-refractivity contribution in [2.45, 2.75) is 6.42 Å². The fourth-order valence-corrected chi connectivity index (χ4v) is 0.889. The second-order valence-corrected chi connectivity index (χ2v) is 1.93. The number of hydrogen-bond donors (Lipinski definition) is 0. The van der Waals surface area contributed by atoms with E-state index < -0.39 is 0 Å². The lowest BCUT2D eigenvalue weighted by Gasteiger charge is -2.03. The van der Waals surface area contributed by atoms with Gasteiger partial charge in [0.15, 0.2) is 0 Å². The van der Waals surface area contributed by atoms with Gasteiger partial charge in [-0.3, -0.25) is 0 Å². The Morgan fingerprint density at radius 1 is 1.67 bits per heavy atom. The molecule has 1 aromatic heterocycles. The van der Waals surface area contributed by atoms with E-state index in [-0.39, 0.29) is 0 Å². The minimum absolute atomic E-state index is 0.908. The highest BCUT2D eigenvalue weighted by atomic mass is 15.3. The smallest absolute Gasteiger partial charge is 0.0520 e. The third-order valence-electron chi connectivity index (χ3n) is 1.32. The number of aromatic nitrogens is 2. The molecule has 2 heteroatoms. The van der Waals surface area contributed by atoms with Crippen LogP contribution >= 0.6 is 0 Å². The van der Waals surface area contributed by atoms with Crippen LogP contribution in [-0.4, -0.2) is 9.78 Å². The zero-order chi connectivity index (χ0) is 6.10. The van der Waals surface area contributed by atoms with Gasteiger partial charge in [0.2, 0.25) is 0 Å². The average Bonchev–Trinajstić information content (AvgIpc) is 2.33. The van der Waals surface area contributed by atoms with E-state index in [1.807, 2.05) is 23.0 Å². The number of fused-ring (bicyclic) bond motifs is 1. The van der Waals surface area contributed by atoms with E-state index in [4.69, 9.17) is 0 Å². The monoisotopic (exact) mass is 118 g/mol. The molecule has 1 aromatic rings. The summed E-state index contributed by atoms with van der Waals surface area (Å²) in [5, 5.41) is 4.02. The van der Waals surface area contributed by atoms with Gasteiger partial charge in [0, 0.05) is 18.8 Å². The fraction of sp³-hybridized carbons (Fsp3) is 0.143. The van der Waals surface area contributed by atoms with E-state index >= 15 is 0 Å². The molecule has 1 aliphatic rings. The van der Waals surface area contributed by atoms with Crippen LogP contribution in [0.5, 0.6) is 0 Å². The lowest BCUT2D eigenvalue weighted by atomic mass is 10.2. The van der Waals surface area contributed by atoms with Gasteiger partial charge >= 0.3 is 0 Å². The molecule has 0 spiro atoms. The van der Waals surface area contributed by atoms with Gasteiger partial charge < -0.3 is 0 Å². The number of hydrogen-bond acceptors (Lipinski definition) is 1. The maximum Gasteiger partial charge on any atom is 0.0520 e. The summed E-state index contributed by atoms with van der Waals surface area (Å²) in [5.74, 6) is 0. The third kappa shape index (κ3) is 0.669. The topological polar surface area (TPSA) is 17.8 Å². The summed E-state index contributed by atoms with van der Waals surface area (Å²) in [6, 6.07) is 1.95. The SMILES string of the molecule is [C]1CC=Cn2nccc21. The lowest BCUT2D eigenvalue weighted by Crippen LogP contribution is -1.98. The van der Waals surface area contributed by atoms with Gasteiger partial charge in [0.1, 0.15) is 0 Å². The van der Waals surface area contributed by atoms with Crippen LogP contribution in [0.1, 0.15) is 12.1 Å². The molecule has 0 unspecified atom stereocenters. The Morgan fingerprint density at radius 2 is 2.67 bits per heavy atom. The molecule has 2 radical (unpaired) electrons. The van der Waals surface area contributed by atoms with E-state index in [1.54, 1.807) is 6.20 Å². The van der Waals surface area contributed by atoms with Crippen molar-refractivity contribution in [2.24, 2.45) is 0 Å². The lowest BCUT2D eigenvalue weighted by molar-refractivity contribution is 0.874. The van der Waals surface area contributed by atoms with Crippen molar-refractivity contribution in [2.75, 3.05) is 0 Å². The summed E-state index contributed by atoms with van der Waals surface area (Å²) in [6.45, 7) is 0. The van der Waals surface area contributed by atoms with Crippen LogP contribution < -0.4 is 0 Å². The summed E-state index contributed by atoms with van der Waals surface area (Å²) < 4.78 is 1.81. The Labute approximate surface area is 53.8 Å². The second kappa shape index (κ2) is 1.72. The van der Waals surface area contributed by atoms with Crippen LogP contribution in [0.15, 0.2) is 18.3 Å². The van der Waals surface area contributed by atoms with E-state index in [0.29, 0.717) is 0 Å². The van der Waals surface area contributed by atoms with Crippen molar-refractivity contribution in [3.05, 3.63) is 30.5 Å². The molecule has 44 valence electrons. The first-order chi connectivity index (χ1) is 4.47. The van der Waals surface area contributed by atoms with Gasteiger partial charge in [0.05, 0.1) is 5.69 Å². The third-order valence-corrected chi connectivity index (χ3v) is 1.32. The maximum atomic E-state index is 4.02. The molecule has 2 rings (SSSR count). The Balaban J connectivity index is 2.53. The van der Waals surface area contributed by atoms with E-state index in [9.17, 15) is 0 Å². The molecule has 0 bridgehead atoms. The van der Waals surface area contributed by atoms with Gasteiger partial charge in [-0.15, -0.1) is 0 Å². The van der Waals surface area contributed by atoms with E-state index in [1.165, 1.54) is 0 Å². The first-order valence-electron chi connectivity index (χ1n) is 2.91. The molecule has 0 aliphatic carbocycles. The summed E-state index contributed by atoms with van der Waals surface area (Å²) in [7, 11) is 0. The molecule has 2 heterocycles. The van der Waals surface area contributed by atoms with Crippen LogP contribution in [0, 0.1) is 6.42 Å². The highest BCUT2D eigenvalue weighted by Crippen LogP contribution is 2.10. The Kier molecular flexibility index (Phi) is 0.918. The van der Waals surface area contributed by atoms with E-state index in [2.05, 4.69) is 11.5 Å². The molecule has 0 amide bonds. The van der Waals surface area contributed by atoms with Crippen LogP contribution in [0.25, 0.3) is 6.20 Å². The molecule has 0 fully saturated rings. The second-order valence-electron chi connectivity index (χ2n) is 1.93. The highest BCUT2D eigenvalue weighted by molar-refractivity contribution is 5.33. The first-order valence-corrected chi connectivity index (χ1v) is 2.91. The number of nitrogens with zero attached hydrogens (tertiary/aromatic N) is 2. The summed E-state index contributed by atoms with van der Waals surface area (Å²) >= 11 is 0. The highest BCUT2D eigenvalue weighted by Gasteiger charge is 2.02. The van der Waals surface area contributed by atoms with Crippen molar-refractivity contribution in [1.29, 1.82) is 0 Å². The number of allylic oxidation sites excluding steroid dienone is 1. The number of rotatable bonds is 0. The largest absolute Gasteiger partial charge is 0.245 e. The Bertz CT molecular complexity index is 235. The summed E-state index contributed by atoms with van der Waals surface area (Å²) in [6.07, 6.45) is 9.82. The van der Waals surface area contributed by atoms with Crippen molar-refractivity contribution in [3.63, 3.8) is 0 Å². The van der Waals surface area contributed by atoms with Gasteiger partial charge in [-0.1, -0.05) is 6.08 Å². The summed E-state index contributed by atoms with van der Waals surface area (Å²) in [4.78, 5) is 0. The van der Waals surface area contributed by atoms with Crippen molar-refractivity contribution < 1.29 is 0 Å². The fourth-order valence-electron chi connectivity index (χ4n) is 0.889. The van der Waals surface area contributed by atoms with Gasteiger partial charge in [-0.05, 0) is 12.5 Å². The Morgan fingerprint density at radius 3 is 3.56 bits per heavy atom. The molecular weight excluding hydrogens is 112 g/mol. The molecular formula is C7H6N2. The van der Waals surface area contributed by atoms with Crippen LogP contribution in [0.4, 0.5) is 0 Å². The standard InChI is InChI=1S/C7H6N2/c1-2-6-9-7(3-1)4-5-8-9/h2,4-6H,1H2. The predicted octanol–water partition coefficient (Wildman–Crippen LogP) is 1.19. The molecule has 0 aromatic carbocycles. The molecule has 1 aliphatic heterocycles. The van der Waals surface area contributed by atoms with Crippen LogP contribution in [0.2, 0.25) is 0 Å². The quantitative estimate of drug-likeness (QED) is 0.500. The minimum atomic E-state index is 0.908. The maximum absolute atomic E-state index is 4.02. The van der Waals surface area contributed by atoms with Crippen LogP contribution in [-0.2, 0) is 0 Å². The first kappa shape index (κ1) is 4.79. The van der Waals surface area contributed by atoms with E-state index in [0.717, 1.165) is 12.1 Å². The van der Waals surface area contributed by atoms with Crippen molar-refractivity contribution >= 4 is 6.20 Å². The summed E-state index contributed by atoms with van der Waals surface area (Å²) in [5.41, 5.74) is 1.07. The Hall–Kier alpha value is -1.05. The molecule has 0 saturated heterocycles. The zero-order valence-electron chi connectivity index (χ0n) is 4.91. The minimum Gasteiger partial charge on any atom is -0.245 e. The molecule has 0 atom stereocenters. The zero-order valence-corrected chi connectivity index (χ0v) is 4.91.